The van der Waals surface area contributed by atoms with Gasteiger partial charge >= 0.3 is 11.9 Å². The summed E-state index contributed by atoms with van der Waals surface area (Å²) in [6.45, 7) is 1.89. The fraction of sp³-hybridized carbons (Fsp3) is 0.118. The van der Waals surface area contributed by atoms with Crippen molar-refractivity contribution in [1.29, 1.82) is 5.26 Å². The van der Waals surface area contributed by atoms with Crippen molar-refractivity contribution in [2.45, 2.75) is 13.3 Å². The molecule has 2 rings (SSSR count). The van der Waals surface area contributed by atoms with E-state index in [0.29, 0.717) is 17.5 Å². The summed E-state index contributed by atoms with van der Waals surface area (Å²) in [5, 5.41) is 27.7. The molecule has 2 aromatic rings. The number of carboxylic acid groups (broad SMARTS) is 2. The van der Waals surface area contributed by atoms with E-state index in [1.54, 1.807) is 18.2 Å². The number of aryl methyl sites for hydroxylation is 1. The summed E-state index contributed by atoms with van der Waals surface area (Å²) < 4.78 is 0. The second kappa shape index (κ2) is 6.10. The molecule has 0 aliphatic rings. The van der Waals surface area contributed by atoms with Gasteiger partial charge in [-0.1, -0.05) is 25.1 Å². The SMILES string of the molecule is CCc1ccc(C(=O)O)c(C#N)c1-c1cccc(C(=O)O)c1. The van der Waals surface area contributed by atoms with Crippen LogP contribution in [0, 0.1) is 11.3 Å². The molecule has 0 aliphatic heterocycles. The first kappa shape index (κ1) is 15.3. The predicted molar refractivity (Wildman–Crippen MR) is 79.9 cm³/mol. The van der Waals surface area contributed by atoms with Gasteiger partial charge in [-0.25, -0.2) is 9.59 Å². The van der Waals surface area contributed by atoms with Crippen molar-refractivity contribution >= 4 is 11.9 Å². The lowest BCUT2D eigenvalue weighted by atomic mass is 9.89. The lowest BCUT2D eigenvalue weighted by Gasteiger charge is -2.13. The molecular formula is C17H13NO4. The van der Waals surface area contributed by atoms with Crippen LogP contribution < -0.4 is 0 Å². The molecule has 0 saturated heterocycles. The third kappa shape index (κ3) is 2.67. The molecule has 2 aromatic carbocycles. The van der Waals surface area contributed by atoms with Crippen LogP contribution in [0.5, 0.6) is 0 Å². The number of hydrogen-bond donors (Lipinski definition) is 2. The third-order valence-electron chi connectivity index (χ3n) is 3.41. The van der Waals surface area contributed by atoms with Crippen molar-refractivity contribution in [1.82, 2.24) is 0 Å². The Bertz CT molecular complexity index is 803. The van der Waals surface area contributed by atoms with Gasteiger partial charge < -0.3 is 10.2 Å². The highest BCUT2D eigenvalue weighted by Crippen LogP contribution is 2.31. The Morgan fingerprint density at radius 2 is 1.86 bits per heavy atom. The highest BCUT2D eigenvalue weighted by Gasteiger charge is 2.19. The van der Waals surface area contributed by atoms with Crippen LogP contribution in [-0.2, 0) is 6.42 Å². The van der Waals surface area contributed by atoms with Crippen molar-refractivity contribution < 1.29 is 19.8 Å². The summed E-state index contributed by atoms with van der Waals surface area (Å²) in [7, 11) is 0. The summed E-state index contributed by atoms with van der Waals surface area (Å²) in [6, 6.07) is 11.2. The Labute approximate surface area is 127 Å². The van der Waals surface area contributed by atoms with Gasteiger partial charge in [0.15, 0.2) is 0 Å². The zero-order valence-electron chi connectivity index (χ0n) is 11.8. The monoisotopic (exact) mass is 295 g/mol. The van der Waals surface area contributed by atoms with Gasteiger partial charge in [0.2, 0.25) is 0 Å². The second-order valence-corrected chi connectivity index (χ2v) is 4.68. The number of aromatic carboxylic acids is 2. The zero-order chi connectivity index (χ0) is 16.3. The van der Waals surface area contributed by atoms with E-state index in [2.05, 4.69) is 0 Å². The molecule has 5 heteroatoms. The van der Waals surface area contributed by atoms with E-state index in [9.17, 15) is 20.0 Å². The lowest BCUT2D eigenvalue weighted by Crippen LogP contribution is -2.05. The number of benzene rings is 2. The van der Waals surface area contributed by atoms with Gasteiger partial charge in [0.1, 0.15) is 6.07 Å². The molecule has 5 nitrogen and oxygen atoms in total. The van der Waals surface area contributed by atoms with Crippen LogP contribution in [0.25, 0.3) is 11.1 Å². The zero-order valence-corrected chi connectivity index (χ0v) is 11.8. The van der Waals surface area contributed by atoms with Gasteiger partial charge in [-0.2, -0.15) is 5.26 Å². The minimum Gasteiger partial charge on any atom is -0.478 e. The smallest absolute Gasteiger partial charge is 0.337 e. The Hall–Kier alpha value is -3.13. The van der Waals surface area contributed by atoms with Gasteiger partial charge in [0.25, 0.3) is 0 Å². The largest absolute Gasteiger partial charge is 0.478 e. The molecule has 0 saturated carbocycles. The number of rotatable bonds is 4. The summed E-state index contributed by atoms with van der Waals surface area (Å²) in [6.07, 6.45) is 0.598. The van der Waals surface area contributed by atoms with Crippen molar-refractivity contribution in [2.24, 2.45) is 0 Å². The number of carboxylic acids is 2. The molecule has 0 aromatic heterocycles. The molecular weight excluding hydrogens is 282 g/mol. The number of nitriles is 1. The van der Waals surface area contributed by atoms with Gasteiger partial charge in [-0.05, 0) is 35.7 Å². The minimum atomic E-state index is -1.19. The Kier molecular flexibility index (Phi) is 4.23. The van der Waals surface area contributed by atoms with E-state index in [1.165, 1.54) is 18.2 Å². The molecule has 0 aliphatic carbocycles. The average Bonchev–Trinajstić information content (AvgIpc) is 2.53. The molecule has 0 fully saturated rings. The summed E-state index contributed by atoms with van der Waals surface area (Å²) in [5.74, 6) is -2.26. The van der Waals surface area contributed by atoms with Crippen LogP contribution in [0.3, 0.4) is 0 Å². The van der Waals surface area contributed by atoms with Crippen molar-refractivity contribution in [3.63, 3.8) is 0 Å². The predicted octanol–water partition coefficient (Wildman–Crippen LogP) is 3.18. The van der Waals surface area contributed by atoms with E-state index in [-0.39, 0.29) is 16.7 Å². The maximum absolute atomic E-state index is 11.3. The van der Waals surface area contributed by atoms with E-state index >= 15 is 0 Å². The van der Waals surface area contributed by atoms with Crippen LogP contribution in [0.4, 0.5) is 0 Å². The van der Waals surface area contributed by atoms with Gasteiger partial charge in [0, 0.05) is 5.56 Å². The molecule has 0 spiro atoms. The Morgan fingerprint density at radius 1 is 1.14 bits per heavy atom. The van der Waals surface area contributed by atoms with E-state index in [1.807, 2.05) is 13.0 Å². The summed E-state index contributed by atoms with van der Waals surface area (Å²) in [5.41, 5.74) is 1.85. The third-order valence-corrected chi connectivity index (χ3v) is 3.41. The molecule has 22 heavy (non-hydrogen) atoms. The quantitative estimate of drug-likeness (QED) is 0.902. The highest BCUT2D eigenvalue weighted by atomic mass is 16.4. The first-order valence-corrected chi connectivity index (χ1v) is 6.62. The van der Waals surface area contributed by atoms with Gasteiger partial charge in [0.05, 0.1) is 16.7 Å². The molecule has 2 N–H and O–H groups in total. The van der Waals surface area contributed by atoms with Crippen molar-refractivity contribution in [3.8, 4) is 17.2 Å². The maximum Gasteiger partial charge on any atom is 0.337 e. The number of carbonyl (C=O) groups is 2. The van der Waals surface area contributed by atoms with Crippen LogP contribution in [0.2, 0.25) is 0 Å². The first-order chi connectivity index (χ1) is 10.5. The molecule has 0 heterocycles. The van der Waals surface area contributed by atoms with E-state index in [4.69, 9.17) is 5.11 Å². The molecule has 0 atom stereocenters. The topological polar surface area (TPSA) is 98.4 Å². The van der Waals surface area contributed by atoms with Gasteiger partial charge in [-0.15, -0.1) is 0 Å². The molecule has 0 radical (unpaired) electrons. The minimum absolute atomic E-state index is 0.0504. The molecule has 0 amide bonds. The Morgan fingerprint density at radius 3 is 2.41 bits per heavy atom. The first-order valence-electron chi connectivity index (χ1n) is 6.62. The van der Waals surface area contributed by atoms with E-state index in [0.717, 1.165) is 5.56 Å². The van der Waals surface area contributed by atoms with E-state index < -0.39 is 11.9 Å². The van der Waals surface area contributed by atoms with Crippen molar-refractivity contribution in [3.05, 3.63) is 58.7 Å². The standard InChI is InChI=1S/C17H13NO4/c1-2-10-6-7-13(17(21)22)14(9-18)15(10)11-4-3-5-12(8-11)16(19)20/h3-8H,2H2,1H3,(H,19,20)(H,21,22). The summed E-state index contributed by atoms with van der Waals surface area (Å²) in [4.78, 5) is 22.4. The molecule has 0 unspecified atom stereocenters. The van der Waals surface area contributed by atoms with Crippen LogP contribution in [0.1, 0.15) is 38.8 Å². The fourth-order valence-corrected chi connectivity index (χ4v) is 2.37. The lowest BCUT2D eigenvalue weighted by molar-refractivity contribution is 0.0685. The molecule has 110 valence electrons. The van der Waals surface area contributed by atoms with Gasteiger partial charge in [-0.3, -0.25) is 0 Å². The number of hydrogen-bond acceptors (Lipinski definition) is 3. The van der Waals surface area contributed by atoms with Crippen LogP contribution in [0.15, 0.2) is 36.4 Å². The summed E-state index contributed by atoms with van der Waals surface area (Å²) >= 11 is 0. The maximum atomic E-state index is 11.3. The fourth-order valence-electron chi connectivity index (χ4n) is 2.37. The molecule has 0 bridgehead atoms. The second-order valence-electron chi connectivity index (χ2n) is 4.68. The Balaban J connectivity index is 2.81. The van der Waals surface area contributed by atoms with Crippen molar-refractivity contribution in [2.75, 3.05) is 0 Å². The highest BCUT2D eigenvalue weighted by molar-refractivity contribution is 5.95. The average molecular weight is 295 g/mol. The van der Waals surface area contributed by atoms with Crippen LogP contribution in [-0.4, -0.2) is 22.2 Å². The van der Waals surface area contributed by atoms with Crippen LogP contribution >= 0.6 is 0 Å². The normalized spacial score (nSPS) is 10.0. The number of nitrogens with zero attached hydrogens (tertiary/aromatic N) is 1.